The number of rotatable bonds is 4. The van der Waals surface area contributed by atoms with E-state index in [2.05, 4.69) is 0 Å². The quantitative estimate of drug-likeness (QED) is 0.462. The molecule has 0 atom stereocenters. The van der Waals surface area contributed by atoms with E-state index in [1.807, 2.05) is 0 Å². The van der Waals surface area contributed by atoms with Crippen LogP contribution >= 0.6 is 0 Å². The number of nitrogens with zero attached hydrogens (tertiary/aromatic N) is 1. The Morgan fingerprint density at radius 1 is 1.08 bits per heavy atom. The van der Waals surface area contributed by atoms with Gasteiger partial charge in [-0.1, -0.05) is 6.07 Å². The van der Waals surface area contributed by atoms with Crippen molar-refractivity contribution < 1.29 is 30.7 Å². The van der Waals surface area contributed by atoms with E-state index in [9.17, 15) is 35.9 Å². The van der Waals surface area contributed by atoms with Crippen molar-refractivity contribution in [2.75, 3.05) is 0 Å². The predicted molar refractivity (Wildman–Crippen MR) is 79.7 cm³/mol. The molecule has 0 saturated carbocycles. The van der Waals surface area contributed by atoms with E-state index in [1.165, 1.54) is 0 Å². The highest BCUT2D eigenvalue weighted by molar-refractivity contribution is 7.89. The van der Waals surface area contributed by atoms with Gasteiger partial charge in [0.2, 0.25) is 10.0 Å². The first kappa shape index (κ1) is 17.9. The molecule has 0 aliphatic carbocycles. The van der Waals surface area contributed by atoms with Crippen LogP contribution in [0, 0.1) is 15.9 Å². The summed E-state index contributed by atoms with van der Waals surface area (Å²) in [6.45, 7) is 0. The Morgan fingerprint density at radius 3 is 2.12 bits per heavy atom. The largest absolute Gasteiger partial charge is 0.295 e. The average Bonchev–Trinajstić information content (AvgIpc) is 2.44. The molecule has 128 valence electrons. The van der Waals surface area contributed by atoms with Crippen LogP contribution in [0.5, 0.6) is 0 Å². The summed E-state index contributed by atoms with van der Waals surface area (Å²) in [5.41, 5.74) is -1.93. The van der Waals surface area contributed by atoms with Gasteiger partial charge in [0, 0.05) is 17.2 Å². The smallest absolute Gasteiger partial charge is 0.282 e. The number of nitro groups is 1. The van der Waals surface area contributed by atoms with Crippen molar-refractivity contribution in [1.29, 1.82) is 0 Å². The highest BCUT2D eigenvalue weighted by Gasteiger charge is 2.27. The molecule has 0 amide bonds. The van der Waals surface area contributed by atoms with Crippen LogP contribution < -0.4 is 5.14 Å². The Hall–Kier alpha value is -2.41. The number of benzene rings is 2. The van der Waals surface area contributed by atoms with Gasteiger partial charge in [-0.15, -0.1) is 0 Å². The molecule has 0 unspecified atom stereocenters. The summed E-state index contributed by atoms with van der Waals surface area (Å²) >= 11 is 0. The van der Waals surface area contributed by atoms with Crippen molar-refractivity contribution in [3.05, 3.63) is 52.3 Å². The van der Waals surface area contributed by atoms with Gasteiger partial charge in [-0.05, 0) is 18.2 Å². The molecule has 0 heterocycles. The Balaban J connectivity index is 2.95. The third-order valence-electron chi connectivity index (χ3n) is 3.01. The van der Waals surface area contributed by atoms with E-state index in [-0.39, 0.29) is 0 Å². The van der Waals surface area contributed by atoms with Crippen LogP contribution in [0.15, 0.2) is 46.2 Å². The molecular weight excluding hydrogens is 367 g/mol. The molecule has 3 N–H and O–H groups in total. The molecular formula is C12H9FN2O7S2. The number of nitrogens with two attached hydrogens (primary N) is 1. The third-order valence-corrected chi connectivity index (χ3v) is 4.85. The summed E-state index contributed by atoms with van der Waals surface area (Å²) in [6, 6.07) is 4.93. The molecule has 0 spiro atoms. The van der Waals surface area contributed by atoms with Crippen LogP contribution in [0.25, 0.3) is 11.1 Å². The molecule has 2 rings (SSSR count). The third kappa shape index (κ3) is 3.41. The molecule has 0 aromatic heterocycles. The van der Waals surface area contributed by atoms with Crippen LogP contribution in [0.2, 0.25) is 0 Å². The van der Waals surface area contributed by atoms with E-state index in [0.717, 1.165) is 30.3 Å². The fourth-order valence-electron chi connectivity index (χ4n) is 2.05. The molecule has 0 radical (unpaired) electrons. The van der Waals surface area contributed by atoms with Crippen LogP contribution in [0.4, 0.5) is 10.1 Å². The van der Waals surface area contributed by atoms with Crippen LogP contribution in [0.1, 0.15) is 0 Å². The molecule has 0 aliphatic heterocycles. The fraction of sp³-hybridized carbons (Fsp3) is 0. The van der Waals surface area contributed by atoms with Crippen molar-refractivity contribution in [3.8, 4) is 11.1 Å². The van der Waals surface area contributed by atoms with Crippen molar-refractivity contribution >= 4 is 25.8 Å². The van der Waals surface area contributed by atoms with Gasteiger partial charge in [0.05, 0.1) is 15.9 Å². The molecule has 12 heteroatoms. The van der Waals surface area contributed by atoms with Crippen LogP contribution in [-0.4, -0.2) is 26.3 Å². The van der Waals surface area contributed by atoms with Crippen molar-refractivity contribution in [2.24, 2.45) is 5.14 Å². The summed E-state index contributed by atoms with van der Waals surface area (Å²) < 4.78 is 69.8. The topological polar surface area (TPSA) is 158 Å². The van der Waals surface area contributed by atoms with Crippen molar-refractivity contribution in [2.45, 2.75) is 9.79 Å². The minimum absolute atomic E-state index is 0.489. The monoisotopic (exact) mass is 376 g/mol. The number of non-ortho nitro benzene ring substituents is 1. The Morgan fingerprint density at radius 2 is 1.67 bits per heavy atom. The van der Waals surface area contributed by atoms with E-state index < -0.39 is 57.5 Å². The summed E-state index contributed by atoms with van der Waals surface area (Å²) in [5, 5.41) is 15.6. The normalized spacial score (nSPS) is 12.1. The van der Waals surface area contributed by atoms with Gasteiger partial charge in [-0.2, -0.15) is 8.42 Å². The lowest BCUT2D eigenvalue weighted by Crippen LogP contribution is -2.15. The highest BCUT2D eigenvalue weighted by Crippen LogP contribution is 2.35. The summed E-state index contributed by atoms with van der Waals surface area (Å²) in [4.78, 5) is 8.09. The minimum atomic E-state index is -4.93. The van der Waals surface area contributed by atoms with Gasteiger partial charge in [0.15, 0.2) is 0 Å². The summed E-state index contributed by atoms with van der Waals surface area (Å²) in [7, 11) is -9.41. The van der Waals surface area contributed by atoms with Crippen molar-refractivity contribution in [3.63, 3.8) is 0 Å². The zero-order chi connectivity index (χ0) is 18.3. The minimum Gasteiger partial charge on any atom is -0.282 e. The van der Waals surface area contributed by atoms with Crippen LogP contribution in [0.3, 0.4) is 0 Å². The predicted octanol–water partition coefficient (Wildman–Crippen LogP) is 1.30. The average molecular weight is 376 g/mol. The van der Waals surface area contributed by atoms with E-state index in [1.54, 1.807) is 0 Å². The first-order valence-electron chi connectivity index (χ1n) is 6.00. The first-order valence-corrected chi connectivity index (χ1v) is 8.99. The molecule has 0 aliphatic rings. The lowest BCUT2D eigenvalue weighted by atomic mass is 10.0. The molecule has 2 aromatic rings. The van der Waals surface area contributed by atoms with Crippen molar-refractivity contribution in [1.82, 2.24) is 0 Å². The van der Waals surface area contributed by atoms with Gasteiger partial charge in [-0.25, -0.2) is 17.9 Å². The number of primary sulfonamides is 1. The molecule has 0 fully saturated rings. The SMILES string of the molecule is NS(=O)(=O)c1cccc(S(=O)(=O)O)c1-c1ccc([N+](=O)[O-])cc1F. The van der Waals surface area contributed by atoms with Gasteiger partial charge in [0.1, 0.15) is 10.7 Å². The maximum atomic E-state index is 14.2. The lowest BCUT2D eigenvalue weighted by Gasteiger charge is -2.12. The van der Waals surface area contributed by atoms with Gasteiger partial charge >= 0.3 is 0 Å². The zero-order valence-electron chi connectivity index (χ0n) is 11.6. The molecule has 0 bridgehead atoms. The number of hydrogen-bond acceptors (Lipinski definition) is 6. The van der Waals surface area contributed by atoms with Gasteiger partial charge < -0.3 is 0 Å². The summed E-state index contributed by atoms with van der Waals surface area (Å²) in [6.07, 6.45) is 0. The maximum absolute atomic E-state index is 14.2. The number of halogens is 1. The Labute approximate surface area is 135 Å². The second-order valence-electron chi connectivity index (χ2n) is 4.57. The summed E-state index contributed by atoms with van der Waals surface area (Å²) in [5.74, 6) is -1.26. The van der Waals surface area contributed by atoms with Gasteiger partial charge in [-0.3, -0.25) is 14.7 Å². The molecule has 0 saturated heterocycles. The number of sulfonamides is 1. The van der Waals surface area contributed by atoms with E-state index in [0.29, 0.717) is 6.07 Å². The van der Waals surface area contributed by atoms with Crippen LogP contribution in [-0.2, 0) is 20.1 Å². The van der Waals surface area contributed by atoms with E-state index in [4.69, 9.17) is 5.14 Å². The fourth-order valence-corrected chi connectivity index (χ4v) is 3.61. The molecule has 2 aromatic carbocycles. The number of hydrogen-bond donors (Lipinski definition) is 2. The lowest BCUT2D eigenvalue weighted by molar-refractivity contribution is -0.385. The van der Waals surface area contributed by atoms with Gasteiger partial charge in [0.25, 0.3) is 15.8 Å². The second-order valence-corrected chi connectivity index (χ2v) is 7.49. The second kappa shape index (κ2) is 5.90. The number of nitro benzene ring substituents is 1. The Bertz CT molecular complexity index is 999. The standard InChI is InChI=1S/C12H9FN2O7S2/c13-9-6-7(15(16)17)4-5-8(9)12-10(23(14,18)19)2-1-3-11(12)24(20,21)22/h1-6H,(H2,14,18,19)(H,20,21,22). The Kier molecular flexibility index (Phi) is 4.41. The first-order chi connectivity index (χ1) is 10.9. The zero-order valence-corrected chi connectivity index (χ0v) is 13.2. The molecule has 9 nitrogen and oxygen atoms in total. The highest BCUT2D eigenvalue weighted by atomic mass is 32.2. The molecule has 24 heavy (non-hydrogen) atoms. The van der Waals surface area contributed by atoms with E-state index >= 15 is 0 Å². The maximum Gasteiger partial charge on any atom is 0.295 e.